The molecule has 0 saturated heterocycles. The van der Waals surface area contributed by atoms with E-state index in [0.717, 1.165) is 12.5 Å². The Morgan fingerprint density at radius 3 is 1.56 bits per heavy atom. The molecule has 0 aromatic heterocycles. The summed E-state index contributed by atoms with van der Waals surface area (Å²) >= 11 is 30.2. The first-order chi connectivity index (χ1) is 8.27. The lowest BCUT2D eigenvalue weighted by atomic mass is 10.1. The fourth-order valence-electron chi connectivity index (χ4n) is 1.90. The van der Waals surface area contributed by atoms with Gasteiger partial charge < -0.3 is 0 Å². The Morgan fingerprint density at radius 2 is 1.11 bits per heavy atom. The van der Waals surface area contributed by atoms with Crippen molar-refractivity contribution in [3.63, 3.8) is 0 Å². The Hall–Kier alpha value is 1.88. The van der Waals surface area contributed by atoms with Crippen LogP contribution in [-0.2, 0) is 0 Å². The Balaban J connectivity index is 3.47. The predicted molar refractivity (Wildman–Crippen MR) is 93.0 cm³/mol. The zero-order valence-electron chi connectivity index (χ0n) is 11.0. The van der Waals surface area contributed by atoms with E-state index in [1.807, 2.05) is 0 Å². The lowest BCUT2D eigenvalue weighted by Crippen LogP contribution is -2.28. The van der Waals surface area contributed by atoms with Gasteiger partial charge in [0.25, 0.3) is 6.69 Å². The van der Waals surface area contributed by atoms with Gasteiger partial charge in [0.2, 0.25) is 0 Å². The first kappa shape index (κ1) is 19.9. The average Bonchev–Trinajstić information content (AvgIpc) is 2.18. The average molecular weight is 389 g/mol. The second-order valence-corrected chi connectivity index (χ2v) is 22.2. The van der Waals surface area contributed by atoms with Crippen LogP contribution in [0, 0.1) is 0 Å². The van der Waals surface area contributed by atoms with Crippen LogP contribution >= 0.6 is 55.4 Å². The SMILES string of the molecule is CCCCCCCCCC[Si](Cl)(Cl)C[Si](Cl)(Cl)Cl. The van der Waals surface area contributed by atoms with Crippen molar-refractivity contribution >= 4 is 68.1 Å². The molecule has 0 N–H and O–H groups in total. The zero-order chi connectivity index (χ0) is 14.1. The molecule has 0 nitrogen and oxygen atoms in total. The van der Waals surface area contributed by atoms with Gasteiger partial charge >= 0.3 is 6.00 Å². The van der Waals surface area contributed by atoms with Crippen LogP contribution in [0.25, 0.3) is 0 Å². The van der Waals surface area contributed by atoms with Gasteiger partial charge in [-0.2, -0.15) is 0 Å². The molecule has 0 aromatic rings. The summed E-state index contributed by atoms with van der Waals surface area (Å²) in [5, 5.41) is 0. The van der Waals surface area contributed by atoms with E-state index in [0.29, 0.717) is 5.67 Å². The molecule has 0 rings (SSSR count). The van der Waals surface area contributed by atoms with Crippen LogP contribution in [0.4, 0.5) is 0 Å². The highest BCUT2D eigenvalue weighted by atomic mass is 35.8. The smallest absolute Gasteiger partial charge is 0.146 e. The Kier molecular flexibility index (Phi) is 11.7. The van der Waals surface area contributed by atoms with Gasteiger partial charge in [-0.05, 0) is 6.04 Å². The summed E-state index contributed by atoms with van der Waals surface area (Å²) in [5.41, 5.74) is 0.449. The summed E-state index contributed by atoms with van der Waals surface area (Å²) in [4.78, 5) is 0. The minimum Gasteiger partial charge on any atom is -0.146 e. The molecule has 0 bridgehead atoms. The van der Waals surface area contributed by atoms with Crippen molar-refractivity contribution in [2.24, 2.45) is 0 Å². The van der Waals surface area contributed by atoms with E-state index in [-0.39, 0.29) is 0 Å². The quantitative estimate of drug-likeness (QED) is 0.199. The number of hydrogen-bond acceptors (Lipinski definition) is 0. The normalized spacial score (nSPS) is 13.0. The van der Waals surface area contributed by atoms with E-state index < -0.39 is 12.7 Å². The third kappa shape index (κ3) is 14.3. The molecule has 0 aliphatic rings. The maximum atomic E-state index is 6.29. The molecule has 0 heterocycles. The van der Waals surface area contributed by atoms with E-state index in [2.05, 4.69) is 6.92 Å². The second-order valence-electron chi connectivity index (χ2n) is 4.87. The molecule has 7 heteroatoms. The van der Waals surface area contributed by atoms with Crippen molar-refractivity contribution in [3.05, 3.63) is 0 Å². The molecule has 0 aromatic carbocycles. The van der Waals surface area contributed by atoms with Crippen molar-refractivity contribution < 1.29 is 0 Å². The second kappa shape index (κ2) is 10.6. The number of hydrogen-bond donors (Lipinski definition) is 0. The molecule has 0 amide bonds. The predicted octanol–water partition coefficient (Wildman–Crippen LogP) is 7.24. The third-order valence-electron chi connectivity index (χ3n) is 2.86. The van der Waals surface area contributed by atoms with Crippen LogP contribution in [0.1, 0.15) is 58.3 Å². The molecular formula is C11H23Cl5Si2. The standard InChI is InChI=1S/C11H23Cl5Si2/c1-2-3-4-5-6-7-8-9-10-17(12,13)11-18(14,15)16/h2-11H2,1H3. The Labute approximate surface area is 137 Å². The maximum absolute atomic E-state index is 6.29. The van der Waals surface area contributed by atoms with E-state index in [1.165, 1.54) is 44.9 Å². The van der Waals surface area contributed by atoms with Crippen molar-refractivity contribution in [2.45, 2.75) is 70.0 Å². The fourth-order valence-corrected chi connectivity index (χ4v) is 20.0. The minimum absolute atomic E-state index is 0.449. The van der Waals surface area contributed by atoms with E-state index in [4.69, 9.17) is 55.4 Å². The van der Waals surface area contributed by atoms with Gasteiger partial charge in [0, 0.05) is 5.67 Å². The van der Waals surface area contributed by atoms with Gasteiger partial charge in [-0.1, -0.05) is 58.3 Å². The van der Waals surface area contributed by atoms with Gasteiger partial charge in [0.15, 0.2) is 0 Å². The molecule has 0 unspecified atom stereocenters. The fraction of sp³-hybridized carbons (Fsp3) is 1.00. The van der Waals surface area contributed by atoms with Gasteiger partial charge in [0.1, 0.15) is 0 Å². The molecule has 0 saturated carbocycles. The largest absolute Gasteiger partial charge is 0.341 e. The highest BCUT2D eigenvalue weighted by Gasteiger charge is 2.40. The monoisotopic (exact) mass is 386 g/mol. The minimum atomic E-state index is -2.67. The highest BCUT2D eigenvalue weighted by molar-refractivity contribution is 7.69. The molecule has 110 valence electrons. The van der Waals surface area contributed by atoms with Crippen LogP contribution in [-0.4, -0.2) is 12.7 Å². The van der Waals surface area contributed by atoms with E-state index >= 15 is 0 Å². The molecule has 0 aliphatic heterocycles. The molecule has 0 fully saturated rings. The van der Waals surface area contributed by atoms with Crippen LogP contribution in [0.3, 0.4) is 0 Å². The Bertz CT molecular complexity index is 206. The summed E-state index contributed by atoms with van der Waals surface area (Å²) in [6.07, 6.45) is 10.2. The van der Waals surface area contributed by atoms with Crippen LogP contribution in [0.15, 0.2) is 0 Å². The van der Waals surface area contributed by atoms with Gasteiger partial charge in [-0.25, -0.2) is 0 Å². The Morgan fingerprint density at radius 1 is 0.667 bits per heavy atom. The van der Waals surface area contributed by atoms with Crippen LogP contribution < -0.4 is 0 Å². The first-order valence-electron chi connectivity index (χ1n) is 6.71. The molecule has 18 heavy (non-hydrogen) atoms. The lowest BCUT2D eigenvalue weighted by Gasteiger charge is -2.19. The first-order valence-corrected chi connectivity index (χ1v) is 16.4. The van der Waals surface area contributed by atoms with Crippen molar-refractivity contribution in [3.8, 4) is 0 Å². The van der Waals surface area contributed by atoms with Gasteiger partial charge in [-0.3, -0.25) is 0 Å². The van der Waals surface area contributed by atoms with Gasteiger partial charge in [-0.15, -0.1) is 55.4 Å². The summed E-state index contributed by atoms with van der Waals surface area (Å²) in [7, 11) is 0. The molecule has 0 radical (unpaired) electrons. The highest BCUT2D eigenvalue weighted by Crippen LogP contribution is 2.38. The van der Waals surface area contributed by atoms with Crippen LogP contribution in [0.2, 0.25) is 11.7 Å². The maximum Gasteiger partial charge on any atom is 0.341 e. The van der Waals surface area contributed by atoms with Crippen molar-refractivity contribution in [2.75, 3.05) is 0 Å². The van der Waals surface area contributed by atoms with Crippen molar-refractivity contribution in [1.82, 2.24) is 0 Å². The lowest BCUT2D eigenvalue weighted by molar-refractivity contribution is 0.584. The summed E-state index contributed by atoms with van der Waals surface area (Å²) in [5.74, 6) is 0. The van der Waals surface area contributed by atoms with Gasteiger partial charge in [0.05, 0.1) is 0 Å². The molecule has 0 spiro atoms. The molecular weight excluding hydrogens is 366 g/mol. The summed E-state index contributed by atoms with van der Waals surface area (Å²) in [6, 6.07) is -1.82. The summed E-state index contributed by atoms with van der Waals surface area (Å²) < 4.78 is 0. The van der Waals surface area contributed by atoms with E-state index in [9.17, 15) is 0 Å². The molecule has 0 aliphatic carbocycles. The zero-order valence-corrected chi connectivity index (χ0v) is 16.7. The van der Waals surface area contributed by atoms with Crippen LogP contribution in [0.5, 0.6) is 0 Å². The number of rotatable bonds is 11. The third-order valence-corrected chi connectivity index (χ3v) is 14.8. The topological polar surface area (TPSA) is 0 Å². The number of halogens is 5. The molecule has 0 atom stereocenters. The summed E-state index contributed by atoms with van der Waals surface area (Å²) in [6.45, 7) is -0.0743. The number of unbranched alkanes of at least 4 members (excludes halogenated alkanes) is 7. The van der Waals surface area contributed by atoms with E-state index in [1.54, 1.807) is 0 Å². The van der Waals surface area contributed by atoms with Crippen molar-refractivity contribution in [1.29, 1.82) is 0 Å².